The number of carboxylic acid groups (broad SMARTS) is 1. The topological polar surface area (TPSA) is 88.5 Å². The third-order valence-electron chi connectivity index (χ3n) is 3.46. The number of nitrogens with one attached hydrogen (secondary N) is 1. The van der Waals surface area contributed by atoms with Crippen molar-refractivity contribution in [3.63, 3.8) is 0 Å². The number of hydrogen-bond acceptors (Lipinski definition) is 4. The van der Waals surface area contributed by atoms with E-state index in [-0.39, 0.29) is 29.3 Å². The molecule has 2 N–H and O–H groups in total. The van der Waals surface area contributed by atoms with Crippen LogP contribution in [-0.4, -0.2) is 34.7 Å². The first-order chi connectivity index (χ1) is 9.06. The molecule has 1 aromatic heterocycles. The molecule has 19 heavy (non-hydrogen) atoms. The van der Waals surface area contributed by atoms with E-state index < -0.39 is 5.97 Å². The number of hydrogen-bond donors (Lipinski definition) is 2. The molecular formula is C13H16N2O4. The van der Waals surface area contributed by atoms with Gasteiger partial charge in [-0.1, -0.05) is 0 Å². The minimum Gasteiger partial charge on any atom is -0.476 e. The van der Waals surface area contributed by atoms with Gasteiger partial charge >= 0.3 is 5.97 Å². The van der Waals surface area contributed by atoms with Crippen LogP contribution in [0, 0.1) is 0 Å². The quantitative estimate of drug-likeness (QED) is 0.844. The molecule has 1 aliphatic carbocycles. The van der Waals surface area contributed by atoms with Gasteiger partial charge in [0.2, 0.25) is 5.91 Å². The summed E-state index contributed by atoms with van der Waals surface area (Å²) in [7, 11) is 1.60. The zero-order chi connectivity index (χ0) is 13.9. The number of aromatic nitrogens is 1. The van der Waals surface area contributed by atoms with E-state index in [9.17, 15) is 9.59 Å². The number of carboxylic acids is 1. The molecule has 0 unspecified atom stereocenters. The van der Waals surface area contributed by atoms with Crippen LogP contribution in [0.25, 0.3) is 0 Å². The van der Waals surface area contributed by atoms with Crippen molar-refractivity contribution in [2.24, 2.45) is 0 Å². The van der Waals surface area contributed by atoms with Crippen LogP contribution in [-0.2, 0) is 9.53 Å². The Kier molecular flexibility index (Phi) is 3.80. The molecule has 0 bridgehead atoms. The number of ether oxygens (including phenoxy) is 1. The van der Waals surface area contributed by atoms with Crippen molar-refractivity contribution in [2.75, 3.05) is 12.4 Å². The number of carbonyl (C=O) groups is 2. The standard InChI is InChI=1S/C13H16N2O4/c1-19-13(5-3-6-13)8-10(16)15-9-4-2-7-14-11(9)12(17)18/h2,4,7H,3,5-6,8H2,1H3,(H,15,16)(H,17,18). The second kappa shape index (κ2) is 5.36. The minimum absolute atomic E-state index is 0.157. The van der Waals surface area contributed by atoms with Crippen LogP contribution < -0.4 is 5.32 Å². The van der Waals surface area contributed by atoms with Gasteiger partial charge in [0.1, 0.15) is 0 Å². The number of anilines is 1. The molecule has 1 amide bonds. The third kappa shape index (κ3) is 2.90. The van der Waals surface area contributed by atoms with Gasteiger partial charge in [0.25, 0.3) is 0 Å². The van der Waals surface area contributed by atoms with Gasteiger partial charge in [0.15, 0.2) is 5.69 Å². The smallest absolute Gasteiger partial charge is 0.356 e. The summed E-state index contributed by atoms with van der Waals surface area (Å²) in [6, 6.07) is 3.10. The van der Waals surface area contributed by atoms with Gasteiger partial charge in [-0.25, -0.2) is 9.78 Å². The summed E-state index contributed by atoms with van der Waals surface area (Å²) < 4.78 is 5.37. The number of amides is 1. The maximum absolute atomic E-state index is 11.9. The molecule has 6 heteroatoms. The highest BCUT2D eigenvalue weighted by Crippen LogP contribution is 2.38. The second-order valence-electron chi connectivity index (χ2n) is 4.67. The lowest BCUT2D eigenvalue weighted by Crippen LogP contribution is -2.42. The van der Waals surface area contributed by atoms with E-state index in [1.807, 2.05) is 0 Å². The monoisotopic (exact) mass is 264 g/mol. The summed E-state index contributed by atoms with van der Waals surface area (Å²) >= 11 is 0. The van der Waals surface area contributed by atoms with Gasteiger partial charge in [0, 0.05) is 13.3 Å². The molecule has 0 atom stereocenters. The van der Waals surface area contributed by atoms with Gasteiger partial charge in [-0.2, -0.15) is 0 Å². The van der Waals surface area contributed by atoms with Gasteiger partial charge < -0.3 is 15.2 Å². The molecule has 2 rings (SSSR count). The van der Waals surface area contributed by atoms with Gasteiger partial charge in [-0.05, 0) is 31.4 Å². The van der Waals surface area contributed by atoms with Crippen molar-refractivity contribution in [2.45, 2.75) is 31.3 Å². The molecule has 1 heterocycles. The molecule has 6 nitrogen and oxygen atoms in total. The molecule has 1 aliphatic rings. The summed E-state index contributed by atoms with van der Waals surface area (Å²) in [4.78, 5) is 26.7. The summed E-state index contributed by atoms with van der Waals surface area (Å²) in [5.74, 6) is -1.42. The van der Waals surface area contributed by atoms with E-state index in [1.165, 1.54) is 12.3 Å². The van der Waals surface area contributed by atoms with E-state index in [4.69, 9.17) is 9.84 Å². The lowest BCUT2D eigenvalue weighted by Gasteiger charge is -2.39. The van der Waals surface area contributed by atoms with E-state index in [1.54, 1.807) is 13.2 Å². The summed E-state index contributed by atoms with van der Waals surface area (Å²) in [5, 5.41) is 11.6. The molecular weight excluding hydrogens is 248 g/mol. The van der Waals surface area contributed by atoms with Crippen molar-refractivity contribution >= 4 is 17.6 Å². The van der Waals surface area contributed by atoms with E-state index >= 15 is 0 Å². The van der Waals surface area contributed by atoms with Crippen LogP contribution in [0.4, 0.5) is 5.69 Å². The summed E-state index contributed by atoms with van der Waals surface area (Å²) in [6.07, 6.45) is 4.37. The molecule has 0 radical (unpaired) electrons. The third-order valence-corrected chi connectivity index (χ3v) is 3.46. The highest BCUT2D eigenvalue weighted by molar-refractivity contribution is 5.99. The second-order valence-corrected chi connectivity index (χ2v) is 4.67. The molecule has 0 aliphatic heterocycles. The Balaban J connectivity index is 2.05. The Bertz CT molecular complexity index is 492. The van der Waals surface area contributed by atoms with E-state index in [2.05, 4.69) is 10.3 Å². The Morgan fingerprint density at radius 1 is 1.53 bits per heavy atom. The number of rotatable bonds is 5. The first-order valence-electron chi connectivity index (χ1n) is 6.10. The van der Waals surface area contributed by atoms with Crippen LogP contribution in [0.1, 0.15) is 36.2 Å². The van der Waals surface area contributed by atoms with Crippen molar-refractivity contribution in [1.29, 1.82) is 0 Å². The van der Waals surface area contributed by atoms with E-state index in [0.717, 1.165) is 19.3 Å². The van der Waals surface area contributed by atoms with Gasteiger partial charge in [-0.3, -0.25) is 4.79 Å². The molecule has 1 fully saturated rings. The number of pyridine rings is 1. The van der Waals surface area contributed by atoms with Crippen molar-refractivity contribution in [3.8, 4) is 0 Å². The van der Waals surface area contributed by atoms with E-state index in [0.29, 0.717) is 0 Å². The molecule has 0 spiro atoms. The van der Waals surface area contributed by atoms with Crippen LogP contribution >= 0.6 is 0 Å². The maximum Gasteiger partial charge on any atom is 0.356 e. The van der Waals surface area contributed by atoms with Crippen molar-refractivity contribution in [1.82, 2.24) is 4.98 Å². The average Bonchev–Trinajstić information content (AvgIpc) is 2.34. The van der Waals surface area contributed by atoms with Gasteiger partial charge in [-0.15, -0.1) is 0 Å². The SMILES string of the molecule is COC1(CC(=O)Nc2cccnc2C(=O)O)CCC1. The first kappa shape index (κ1) is 13.5. The zero-order valence-corrected chi connectivity index (χ0v) is 10.7. The predicted octanol–water partition coefficient (Wildman–Crippen LogP) is 1.68. The van der Waals surface area contributed by atoms with Gasteiger partial charge in [0.05, 0.1) is 17.7 Å². The zero-order valence-electron chi connectivity index (χ0n) is 10.7. The van der Waals surface area contributed by atoms with Crippen LogP contribution in [0.15, 0.2) is 18.3 Å². The molecule has 102 valence electrons. The average molecular weight is 264 g/mol. The highest BCUT2D eigenvalue weighted by atomic mass is 16.5. The van der Waals surface area contributed by atoms with Crippen molar-refractivity contribution in [3.05, 3.63) is 24.0 Å². The van der Waals surface area contributed by atoms with Crippen molar-refractivity contribution < 1.29 is 19.4 Å². The number of carbonyl (C=O) groups excluding carboxylic acids is 1. The Hall–Kier alpha value is -1.95. The summed E-state index contributed by atoms with van der Waals surface area (Å²) in [5.41, 5.74) is -0.322. The molecule has 1 aromatic rings. The summed E-state index contributed by atoms with van der Waals surface area (Å²) in [6.45, 7) is 0. The Labute approximate surface area is 110 Å². The highest BCUT2D eigenvalue weighted by Gasteiger charge is 2.39. The molecule has 1 saturated carbocycles. The predicted molar refractivity (Wildman–Crippen MR) is 68.0 cm³/mol. The normalized spacial score (nSPS) is 16.5. The lowest BCUT2D eigenvalue weighted by atomic mass is 9.77. The van der Waals surface area contributed by atoms with Crippen LogP contribution in [0.3, 0.4) is 0 Å². The van der Waals surface area contributed by atoms with Crippen LogP contribution in [0.5, 0.6) is 0 Å². The fraction of sp³-hybridized carbons (Fsp3) is 0.462. The first-order valence-corrected chi connectivity index (χ1v) is 6.10. The Morgan fingerprint density at radius 2 is 2.26 bits per heavy atom. The fourth-order valence-electron chi connectivity index (χ4n) is 2.19. The fourth-order valence-corrected chi connectivity index (χ4v) is 2.19. The maximum atomic E-state index is 11.9. The minimum atomic E-state index is -1.17. The number of methoxy groups -OCH3 is 1. The van der Waals surface area contributed by atoms with Crippen LogP contribution in [0.2, 0.25) is 0 Å². The number of nitrogens with zero attached hydrogens (tertiary/aromatic N) is 1. The largest absolute Gasteiger partial charge is 0.476 e. The lowest BCUT2D eigenvalue weighted by molar-refractivity contribution is -0.129. The number of aromatic carboxylic acids is 1. The molecule has 0 saturated heterocycles. The molecule has 0 aromatic carbocycles. The Morgan fingerprint density at radius 3 is 2.79 bits per heavy atom.